The minimum absolute atomic E-state index is 0.00477. The Hall–Kier alpha value is -2.32. The van der Waals surface area contributed by atoms with Crippen LogP contribution in [0.15, 0.2) is 54.3 Å². The first-order chi connectivity index (χ1) is 13.9. The van der Waals surface area contributed by atoms with Crippen LogP contribution in [0.3, 0.4) is 0 Å². The second-order valence-electron chi connectivity index (χ2n) is 7.31. The zero-order chi connectivity index (χ0) is 20.4. The SMILES string of the molecule is CC1C=CC=CN1c1cc(C(F)(F)F)ccc1N1CCN(Cc2cncs2)CC1. The van der Waals surface area contributed by atoms with Gasteiger partial charge in [0.1, 0.15) is 0 Å². The van der Waals surface area contributed by atoms with Crippen molar-refractivity contribution >= 4 is 22.7 Å². The molecular formula is C21H23F3N4S. The lowest BCUT2D eigenvalue weighted by molar-refractivity contribution is -0.137. The van der Waals surface area contributed by atoms with Gasteiger partial charge in [-0.2, -0.15) is 13.2 Å². The van der Waals surface area contributed by atoms with E-state index in [-0.39, 0.29) is 6.04 Å². The summed E-state index contributed by atoms with van der Waals surface area (Å²) >= 11 is 1.65. The quantitative estimate of drug-likeness (QED) is 0.711. The summed E-state index contributed by atoms with van der Waals surface area (Å²) in [6.07, 6.45) is 5.15. The molecule has 1 aromatic carbocycles. The van der Waals surface area contributed by atoms with Crippen molar-refractivity contribution in [1.82, 2.24) is 9.88 Å². The van der Waals surface area contributed by atoms with Gasteiger partial charge in [-0.3, -0.25) is 9.88 Å². The monoisotopic (exact) mass is 420 g/mol. The largest absolute Gasteiger partial charge is 0.416 e. The molecule has 2 aliphatic rings. The maximum absolute atomic E-state index is 13.4. The molecule has 4 rings (SSSR count). The van der Waals surface area contributed by atoms with E-state index in [9.17, 15) is 13.2 Å². The van der Waals surface area contributed by atoms with Gasteiger partial charge in [0, 0.05) is 56.0 Å². The maximum atomic E-state index is 13.4. The normalized spacial score (nSPS) is 20.5. The van der Waals surface area contributed by atoms with Gasteiger partial charge in [-0.15, -0.1) is 11.3 Å². The van der Waals surface area contributed by atoms with Crippen molar-refractivity contribution in [3.63, 3.8) is 0 Å². The summed E-state index contributed by atoms with van der Waals surface area (Å²) in [6, 6.07) is 4.08. The molecule has 1 aromatic heterocycles. The van der Waals surface area contributed by atoms with E-state index in [1.54, 1.807) is 17.4 Å². The Morgan fingerprint density at radius 2 is 1.90 bits per heavy atom. The summed E-state index contributed by atoms with van der Waals surface area (Å²) in [5, 5.41) is 0. The fourth-order valence-corrected chi connectivity index (χ4v) is 4.39. The smallest absolute Gasteiger partial charge is 0.367 e. The van der Waals surface area contributed by atoms with Crippen molar-refractivity contribution in [3.05, 3.63) is 64.8 Å². The number of allylic oxidation sites excluding steroid dienone is 2. The number of rotatable bonds is 4. The average molecular weight is 421 g/mol. The standard InChI is InChI=1S/C21H23F3N4S/c1-16-4-2-3-7-28(16)20-12-17(21(22,23)24)5-6-19(20)27-10-8-26(9-11-27)14-18-13-25-15-29-18/h2-7,12-13,15-16H,8-11,14H2,1H3. The van der Waals surface area contributed by atoms with Crippen LogP contribution in [0.25, 0.3) is 0 Å². The highest BCUT2D eigenvalue weighted by Crippen LogP contribution is 2.39. The lowest BCUT2D eigenvalue weighted by atomic mass is 10.1. The fourth-order valence-electron chi connectivity index (χ4n) is 3.76. The third-order valence-corrected chi connectivity index (χ3v) is 6.11. The van der Waals surface area contributed by atoms with Gasteiger partial charge >= 0.3 is 6.18 Å². The van der Waals surface area contributed by atoms with Crippen LogP contribution in [-0.4, -0.2) is 42.1 Å². The summed E-state index contributed by atoms with van der Waals surface area (Å²) in [5.41, 5.74) is 2.67. The van der Waals surface area contributed by atoms with Gasteiger partial charge in [0.25, 0.3) is 0 Å². The molecule has 3 heterocycles. The van der Waals surface area contributed by atoms with E-state index in [0.29, 0.717) is 5.69 Å². The van der Waals surface area contributed by atoms with E-state index in [1.165, 1.54) is 17.0 Å². The van der Waals surface area contributed by atoms with Crippen LogP contribution in [0, 0.1) is 0 Å². The second-order valence-corrected chi connectivity index (χ2v) is 8.28. The van der Waals surface area contributed by atoms with Gasteiger partial charge in [-0.05, 0) is 31.2 Å². The molecule has 29 heavy (non-hydrogen) atoms. The molecule has 154 valence electrons. The molecule has 1 unspecified atom stereocenters. The number of piperazine rings is 1. The first-order valence-corrected chi connectivity index (χ1v) is 10.5. The van der Waals surface area contributed by atoms with E-state index in [1.807, 2.05) is 48.0 Å². The van der Waals surface area contributed by atoms with Crippen LogP contribution < -0.4 is 9.80 Å². The number of anilines is 2. The highest BCUT2D eigenvalue weighted by atomic mass is 32.1. The molecule has 0 bridgehead atoms. The number of hydrogen-bond acceptors (Lipinski definition) is 5. The summed E-state index contributed by atoms with van der Waals surface area (Å²) in [7, 11) is 0. The van der Waals surface area contributed by atoms with Gasteiger partial charge < -0.3 is 9.80 Å². The van der Waals surface area contributed by atoms with Gasteiger partial charge in [0.15, 0.2) is 0 Å². The van der Waals surface area contributed by atoms with Crippen molar-refractivity contribution in [2.45, 2.75) is 25.7 Å². The van der Waals surface area contributed by atoms with Crippen molar-refractivity contribution in [2.24, 2.45) is 0 Å². The molecule has 1 atom stereocenters. The molecule has 0 radical (unpaired) electrons. The lowest BCUT2D eigenvalue weighted by Gasteiger charge is -2.39. The van der Waals surface area contributed by atoms with Crippen LogP contribution in [-0.2, 0) is 12.7 Å². The van der Waals surface area contributed by atoms with Crippen molar-refractivity contribution in [1.29, 1.82) is 0 Å². The molecule has 0 saturated carbocycles. The van der Waals surface area contributed by atoms with Gasteiger partial charge in [-0.25, -0.2) is 0 Å². The number of benzene rings is 1. The molecule has 1 fully saturated rings. The fraction of sp³-hybridized carbons (Fsp3) is 0.381. The average Bonchev–Trinajstić information content (AvgIpc) is 3.21. The molecule has 2 aliphatic heterocycles. The van der Waals surface area contributed by atoms with Crippen LogP contribution in [0.5, 0.6) is 0 Å². The van der Waals surface area contributed by atoms with E-state index in [2.05, 4.69) is 14.8 Å². The van der Waals surface area contributed by atoms with E-state index in [4.69, 9.17) is 0 Å². The Balaban J connectivity index is 1.56. The highest BCUT2D eigenvalue weighted by molar-refractivity contribution is 7.09. The van der Waals surface area contributed by atoms with Crippen molar-refractivity contribution in [2.75, 3.05) is 36.0 Å². The molecule has 0 amide bonds. The number of nitrogens with zero attached hydrogens (tertiary/aromatic N) is 4. The first-order valence-electron chi connectivity index (χ1n) is 9.61. The Kier molecular flexibility index (Phi) is 5.65. The maximum Gasteiger partial charge on any atom is 0.416 e. The molecule has 8 heteroatoms. The summed E-state index contributed by atoms with van der Waals surface area (Å²) in [4.78, 5) is 11.8. The second kappa shape index (κ2) is 8.20. The number of halogens is 3. The molecule has 2 aromatic rings. The number of hydrogen-bond donors (Lipinski definition) is 0. The first kappa shape index (κ1) is 20.0. The van der Waals surface area contributed by atoms with Crippen LogP contribution in [0.1, 0.15) is 17.4 Å². The Morgan fingerprint density at radius 1 is 1.10 bits per heavy atom. The third-order valence-electron chi connectivity index (χ3n) is 5.34. The Bertz CT molecular complexity index is 884. The summed E-state index contributed by atoms with van der Waals surface area (Å²) in [6.45, 7) is 6.14. The number of alkyl halides is 3. The summed E-state index contributed by atoms with van der Waals surface area (Å²) < 4.78 is 40.1. The summed E-state index contributed by atoms with van der Waals surface area (Å²) in [5.74, 6) is 0. The minimum atomic E-state index is -4.36. The molecule has 0 N–H and O–H groups in total. The van der Waals surface area contributed by atoms with Gasteiger partial charge in [-0.1, -0.05) is 12.2 Å². The molecule has 0 aliphatic carbocycles. The van der Waals surface area contributed by atoms with Crippen molar-refractivity contribution in [3.8, 4) is 0 Å². The van der Waals surface area contributed by atoms with Crippen LogP contribution in [0.2, 0.25) is 0 Å². The van der Waals surface area contributed by atoms with Gasteiger partial charge in [0.2, 0.25) is 0 Å². The Labute approximate surface area is 172 Å². The van der Waals surface area contributed by atoms with Crippen molar-refractivity contribution < 1.29 is 13.2 Å². The van der Waals surface area contributed by atoms with E-state index < -0.39 is 11.7 Å². The molecule has 0 spiro atoms. The predicted molar refractivity (Wildman–Crippen MR) is 111 cm³/mol. The molecule has 4 nitrogen and oxygen atoms in total. The Morgan fingerprint density at radius 3 is 2.55 bits per heavy atom. The predicted octanol–water partition coefficient (Wildman–Crippen LogP) is 4.76. The van der Waals surface area contributed by atoms with Crippen LogP contribution >= 0.6 is 11.3 Å². The number of thiazole rings is 1. The van der Waals surface area contributed by atoms with Crippen LogP contribution in [0.4, 0.5) is 24.5 Å². The lowest BCUT2D eigenvalue weighted by Crippen LogP contribution is -2.46. The zero-order valence-corrected chi connectivity index (χ0v) is 17.0. The molecule has 1 saturated heterocycles. The van der Waals surface area contributed by atoms with E-state index >= 15 is 0 Å². The highest BCUT2D eigenvalue weighted by Gasteiger charge is 2.33. The third kappa shape index (κ3) is 4.48. The van der Waals surface area contributed by atoms with E-state index in [0.717, 1.165) is 38.4 Å². The number of aromatic nitrogens is 1. The zero-order valence-electron chi connectivity index (χ0n) is 16.1. The minimum Gasteiger partial charge on any atom is -0.367 e. The van der Waals surface area contributed by atoms with Gasteiger partial charge in [0.05, 0.1) is 22.4 Å². The topological polar surface area (TPSA) is 22.6 Å². The molecular weight excluding hydrogens is 397 g/mol.